The Hall–Kier alpha value is -2.24. The highest BCUT2D eigenvalue weighted by atomic mass is 15.4. The first-order valence-corrected chi connectivity index (χ1v) is 6.13. The summed E-state index contributed by atoms with van der Waals surface area (Å²) in [6.45, 7) is 0.250. The summed E-state index contributed by atoms with van der Waals surface area (Å²) in [6.07, 6.45) is 3.56. The maximum Gasteiger partial charge on any atom is 0.0781 e. The van der Waals surface area contributed by atoms with Gasteiger partial charge in [-0.15, -0.1) is 0 Å². The molecule has 5 heteroatoms. The first-order valence-electron chi connectivity index (χ1n) is 6.13. The van der Waals surface area contributed by atoms with Gasteiger partial charge in [-0.05, 0) is 35.4 Å². The van der Waals surface area contributed by atoms with E-state index in [2.05, 4.69) is 15.8 Å². The molecule has 0 radical (unpaired) electrons. The van der Waals surface area contributed by atoms with Gasteiger partial charge in [0, 0.05) is 24.5 Å². The maximum absolute atomic E-state index is 7.84. The van der Waals surface area contributed by atoms with Gasteiger partial charge in [0.15, 0.2) is 0 Å². The van der Waals surface area contributed by atoms with Gasteiger partial charge in [-0.25, -0.2) is 5.43 Å². The van der Waals surface area contributed by atoms with E-state index in [1.54, 1.807) is 12.4 Å². The Kier molecular flexibility index (Phi) is 2.98. The average Bonchev–Trinajstić information content (AvgIpc) is 2.90. The molecule has 0 fully saturated rings. The Morgan fingerprint density at radius 1 is 1.26 bits per heavy atom. The van der Waals surface area contributed by atoms with E-state index in [4.69, 9.17) is 11.1 Å². The molecule has 1 aliphatic rings. The lowest BCUT2D eigenvalue weighted by atomic mass is 9.97. The number of benzene rings is 1. The smallest absolute Gasteiger partial charge is 0.0781 e. The lowest BCUT2D eigenvalue weighted by molar-refractivity contribution is 0.727. The minimum Gasteiger partial charge on any atom is -0.325 e. The highest BCUT2D eigenvalue weighted by molar-refractivity contribution is 6.00. The van der Waals surface area contributed by atoms with Crippen molar-refractivity contribution in [1.82, 2.24) is 10.4 Å². The molecule has 0 spiro atoms. The molecule has 1 atom stereocenters. The Morgan fingerprint density at radius 2 is 2.05 bits per heavy atom. The first-order chi connectivity index (χ1) is 9.29. The van der Waals surface area contributed by atoms with E-state index in [0.717, 1.165) is 22.4 Å². The summed E-state index contributed by atoms with van der Waals surface area (Å²) >= 11 is 0. The van der Waals surface area contributed by atoms with Crippen LogP contribution in [0.15, 0.2) is 42.7 Å². The number of anilines is 1. The van der Waals surface area contributed by atoms with E-state index < -0.39 is 0 Å². The molecule has 5 N–H and O–H groups in total. The monoisotopic (exact) mass is 253 g/mol. The number of aromatic nitrogens is 1. The zero-order valence-electron chi connectivity index (χ0n) is 10.4. The molecule has 5 nitrogen and oxygen atoms in total. The van der Waals surface area contributed by atoms with Gasteiger partial charge in [-0.1, -0.05) is 6.07 Å². The SMILES string of the molecule is N=C(CN)c1ccc2c(c1)C(c1ccncc1)NN2. The first kappa shape index (κ1) is 11.8. The van der Waals surface area contributed by atoms with Crippen LogP contribution in [0.1, 0.15) is 22.7 Å². The molecule has 0 amide bonds. The van der Waals surface area contributed by atoms with Crippen LogP contribution in [0.4, 0.5) is 5.69 Å². The fourth-order valence-corrected chi connectivity index (χ4v) is 2.27. The topological polar surface area (TPSA) is 86.8 Å². The zero-order chi connectivity index (χ0) is 13.2. The van der Waals surface area contributed by atoms with Crippen molar-refractivity contribution in [1.29, 1.82) is 5.41 Å². The molecule has 96 valence electrons. The molecule has 1 aromatic carbocycles. The second-order valence-corrected chi connectivity index (χ2v) is 4.47. The largest absolute Gasteiger partial charge is 0.325 e. The van der Waals surface area contributed by atoms with Crippen molar-refractivity contribution in [2.45, 2.75) is 6.04 Å². The summed E-state index contributed by atoms with van der Waals surface area (Å²) in [5.41, 5.74) is 16.5. The van der Waals surface area contributed by atoms with Gasteiger partial charge < -0.3 is 16.6 Å². The highest BCUT2D eigenvalue weighted by Gasteiger charge is 2.23. The third-order valence-electron chi connectivity index (χ3n) is 3.31. The highest BCUT2D eigenvalue weighted by Crippen LogP contribution is 2.33. The van der Waals surface area contributed by atoms with E-state index in [1.165, 1.54) is 0 Å². The molecule has 3 rings (SSSR count). The number of nitrogens with zero attached hydrogens (tertiary/aromatic N) is 1. The summed E-state index contributed by atoms with van der Waals surface area (Å²) in [6, 6.07) is 9.94. The molecule has 1 aromatic heterocycles. The quantitative estimate of drug-likeness (QED) is 0.623. The van der Waals surface area contributed by atoms with E-state index in [9.17, 15) is 0 Å². The predicted octanol–water partition coefficient (Wildman–Crippen LogP) is 1.43. The number of nitrogens with two attached hydrogens (primary N) is 1. The minimum absolute atomic E-state index is 0.0727. The van der Waals surface area contributed by atoms with Crippen molar-refractivity contribution in [2.75, 3.05) is 12.0 Å². The standard InChI is InChI=1S/C14H15N5/c15-8-12(16)10-1-2-13-11(7-10)14(19-18-13)9-3-5-17-6-4-9/h1-7,14,16,18-19H,8,15H2. The van der Waals surface area contributed by atoms with Crippen molar-refractivity contribution in [3.63, 3.8) is 0 Å². The van der Waals surface area contributed by atoms with E-state index >= 15 is 0 Å². The minimum atomic E-state index is 0.0727. The molecular formula is C14H15N5. The second-order valence-electron chi connectivity index (χ2n) is 4.47. The van der Waals surface area contributed by atoms with Gasteiger partial charge in [0.2, 0.25) is 0 Å². The molecule has 0 bridgehead atoms. The molecule has 1 aliphatic heterocycles. The van der Waals surface area contributed by atoms with Crippen LogP contribution in [-0.2, 0) is 0 Å². The number of hydrazine groups is 1. The Bertz CT molecular complexity index is 608. The van der Waals surface area contributed by atoms with Gasteiger partial charge in [-0.3, -0.25) is 4.98 Å². The van der Waals surface area contributed by atoms with Crippen LogP contribution >= 0.6 is 0 Å². The Morgan fingerprint density at radius 3 is 2.79 bits per heavy atom. The lowest BCUT2D eigenvalue weighted by Gasteiger charge is -2.11. The predicted molar refractivity (Wildman–Crippen MR) is 75.2 cm³/mol. The zero-order valence-corrected chi connectivity index (χ0v) is 10.4. The van der Waals surface area contributed by atoms with Crippen molar-refractivity contribution >= 4 is 11.4 Å². The van der Waals surface area contributed by atoms with Crippen LogP contribution < -0.4 is 16.6 Å². The third-order valence-corrected chi connectivity index (χ3v) is 3.31. The number of nitrogens with one attached hydrogen (secondary N) is 3. The second kappa shape index (κ2) is 4.79. The van der Waals surface area contributed by atoms with Crippen LogP contribution in [0.3, 0.4) is 0 Å². The normalized spacial score (nSPS) is 16.8. The van der Waals surface area contributed by atoms with Crippen LogP contribution in [0, 0.1) is 5.41 Å². The molecule has 2 aromatic rings. The van der Waals surface area contributed by atoms with Crippen LogP contribution in [0.25, 0.3) is 0 Å². The summed E-state index contributed by atoms with van der Waals surface area (Å²) in [7, 11) is 0. The third kappa shape index (κ3) is 2.09. The van der Waals surface area contributed by atoms with E-state index in [-0.39, 0.29) is 12.6 Å². The summed E-state index contributed by atoms with van der Waals surface area (Å²) in [5.74, 6) is 0. The number of fused-ring (bicyclic) bond motifs is 1. The average molecular weight is 253 g/mol. The van der Waals surface area contributed by atoms with Crippen LogP contribution in [0.5, 0.6) is 0 Å². The molecular weight excluding hydrogens is 238 g/mol. The van der Waals surface area contributed by atoms with Crippen molar-refractivity contribution < 1.29 is 0 Å². The van der Waals surface area contributed by atoms with Crippen LogP contribution in [-0.4, -0.2) is 17.2 Å². The van der Waals surface area contributed by atoms with Crippen molar-refractivity contribution in [2.24, 2.45) is 5.73 Å². The number of rotatable bonds is 3. The Balaban J connectivity index is 2.01. The van der Waals surface area contributed by atoms with Gasteiger partial charge in [0.1, 0.15) is 0 Å². The summed E-state index contributed by atoms with van der Waals surface area (Å²) < 4.78 is 0. The van der Waals surface area contributed by atoms with Crippen LogP contribution in [0.2, 0.25) is 0 Å². The molecule has 19 heavy (non-hydrogen) atoms. The molecule has 0 saturated heterocycles. The molecule has 0 aliphatic carbocycles. The van der Waals surface area contributed by atoms with Gasteiger partial charge >= 0.3 is 0 Å². The molecule has 0 saturated carbocycles. The van der Waals surface area contributed by atoms with E-state index in [1.807, 2.05) is 30.3 Å². The molecule has 2 heterocycles. The van der Waals surface area contributed by atoms with E-state index in [0.29, 0.717) is 5.71 Å². The molecule has 1 unspecified atom stereocenters. The maximum atomic E-state index is 7.84. The number of hydrogen-bond donors (Lipinski definition) is 4. The fourth-order valence-electron chi connectivity index (χ4n) is 2.27. The van der Waals surface area contributed by atoms with Gasteiger partial charge in [0.25, 0.3) is 0 Å². The summed E-state index contributed by atoms with van der Waals surface area (Å²) in [5, 5.41) is 7.84. The van der Waals surface area contributed by atoms with Gasteiger partial charge in [-0.2, -0.15) is 0 Å². The number of hydrogen-bond acceptors (Lipinski definition) is 5. The van der Waals surface area contributed by atoms with Crippen molar-refractivity contribution in [3.8, 4) is 0 Å². The van der Waals surface area contributed by atoms with Crippen molar-refractivity contribution in [3.05, 3.63) is 59.4 Å². The Labute approximate surface area is 111 Å². The van der Waals surface area contributed by atoms with Gasteiger partial charge in [0.05, 0.1) is 17.4 Å². The number of pyridine rings is 1. The fraction of sp³-hybridized carbons (Fsp3) is 0.143. The lowest BCUT2D eigenvalue weighted by Crippen LogP contribution is -2.19. The summed E-state index contributed by atoms with van der Waals surface area (Å²) in [4.78, 5) is 4.03.